The highest BCUT2D eigenvalue weighted by Crippen LogP contribution is 2.22. The Morgan fingerprint density at radius 1 is 1.26 bits per heavy atom. The number of aromatic nitrogens is 3. The number of hydrogen-bond donors (Lipinski definition) is 1. The summed E-state index contributed by atoms with van der Waals surface area (Å²) < 4.78 is 16.1. The maximum atomic E-state index is 13.7. The van der Waals surface area contributed by atoms with Crippen molar-refractivity contribution in [2.24, 2.45) is 0 Å². The van der Waals surface area contributed by atoms with Crippen LogP contribution in [0.4, 0.5) is 4.39 Å². The first-order chi connectivity index (χ1) is 9.08. The number of H-pyrrole nitrogens is 1. The molecule has 0 amide bonds. The van der Waals surface area contributed by atoms with Crippen molar-refractivity contribution in [1.82, 2.24) is 14.5 Å². The monoisotopic (exact) mass is 273 g/mol. The molecule has 0 aliphatic carbocycles. The zero-order valence-electron chi connectivity index (χ0n) is 10.6. The smallest absolute Gasteiger partial charge is 0.183 e. The summed E-state index contributed by atoms with van der Waals surface area (Å²) in [6.07, 6.45) is 1.71. The Balaban J connectivity index is 2.36. The molecular formula is C14H12FN3S. The van der Waals surface area contributed by atoms with Crippen LogP contribution >= 0.6 is 12.2 Å². The Morgan fingerprint density at radius 2 is 1.95 bits per heavy atom. The van der Waals surface area contributed by atoms with Gasteiger partial charge in [-0.2, -0.15) is 0 Å². The molecule has 1 N–H and O–H groups in total. The lowest BCUT2D eigenvalue weighted by Crippen LogP contribution is -1.98. The highest BCUT2D eigenvalue weighted by atomic mass is 32.1. The van der Waals surface area contributed by atoms with E-state index in [2.05, 4.69) is 9.97 Å². The maximum absolute atomic E-state index is 13.7. The molecule has 0 aliphatic heterocycles. The number of pyridine rings is 1. The fourth-order valence-electron chi connectivity index (χ4n) is 2.25. The molecule has 19 heavy (non-hydrogen) atoms. The van der Waals surface area contributed by atoms with Gasteiger partial charge in [-0.3, -0.25) is 4.57 Å². The molecule has 0 fully saturated rings. The van der Waals surface area contributed by atoms with Crippen LogP contribution in [0, 0.1) is 24.4 Å². The largest absolute Gasteiger partial charge is 0.315 e. The summed E-state index contributed by atoms with van der Waals surface area (Å²) in [6, 6.07) is 7.37. The van der Waals surface area contributed by atoms with Crippen LogP contribution in [-0.4, -0.2) is 14.5 Å². The van der Waals surface area contributed by atoms with Crippen molar-refractivity contribution in [1.29, 1.82) is 0 Å². The second-order valence-corrected chi connectivity index (χ2v) is 4.92. The van der Waals surface area contributed by atoms with Crippen LogP contribution in [-0.2, 0) is 0 Å². The van der Waals surface area contributed by atoms with Crippen LogP contribution in [0.15, 0.2) is 30.5 Å². The van der Waals surface area contributed by atoms with Gasteiger partial charge in [0.25, 0.3) is 0 Å². The number of halogens is 1. The normalized spacial score (nSPS) is 11.1. The zero-order chi connectivity index (χ0) is 13.6. The van der Waals surface area contributed by atoms with Crippen LogP contribution in [0.5, 0.6) is 0 Å². The van der Waals surface area contributed by atoms with Crippen LogP contribution in [0.1, 0.15) is 11.1 Å². The molecule has 3 rings (SSSR count). The molecule has 0 saturated heterocycles. The van der Waals surface area contributed by atoms with Crippen molar-refractivity contribution < 1.29 is 4.39 Å². The summed E-state index contributed by atoms with van der Waals surface area (Å²) in [7, 11) is 0. The average molecular weight is 273 g/mol. The lowest BCUT2D eigenvalue weighted by atomic mass is 10.1. The highest BCUT2D eigenvalue weighted by molar-refractivity contribution is 7.71. The van der Waals surface area contributed by atoms with Crippen LogP contribution < -0.4 is 0 Å². The second kappa shape index (κ2) is 4.28. The van der Waals surface area contributed by atoms with E-state index in [4.69, 9.17) is 12.2 Å². The molecule has 2 heterocycles. The predicted octanol–water partition coefficient (Wildman–Crippen LogP) is 3.84. The molecule has 1 aromatic carbocycles. The number of fused-ring (bicyclic) bond motifs is 1. The van der Waals surface area contributed by atoms with Gasteiger partial charge in [-0.15, -0.1) is 0 Å². The van der Waals surface area contributed by atoms with Crippen molar-refractivity contribution in [3.8, 4) is 5.69 Å². The van der Waals surface area contributed by atoms with Gasteiger partial charge in [0.2, 0.25) is 0 Å². The Morgan fingerprint density at radius 3 is 2.63 bits per heavy atom. The predicted molar refractivity (Wildman–Crippen MR) is 75.7 cm³/mol. The Labute approximate surface area is 114 Å². The van der Waals surface area contributed by atoms with E-state index in [1.165, 1.54) is 0 Å². The quantitative estimate of drug-likeness (QED) is 0.683. The first kappa shape index (κ1) is 12.0. The molecular weight excluding hydrogens is 261 g/mol. The van der Waals surface area contributed by atoms with Crippen molar-refractivity contribution in [2.75, 3.05) is 0 Å². The number of nitrogens with zero attached hydrogens (tertiary/aromatic N) is 2. The van der Waals surface area contributed by atoms with Crippen LogP contribution in [0.25, 0.3) is 16.9 Å². The van der Waals surface area contributed by atoms with E-state index < -0.39 is 0 Å². The number of nitrogens with one attached hydrogen (secondary N) is 1. The first-order valence-electron chi connectivity index (χ1n) is 5.91. The maximum Gasteiger partial charge on any atom is 0.183 e. The minimum atomic E-state index is -0.173. The van der Waals surface area contributed by atoms with Crippen molar-refractivity contribution in [3.05, 3.63) is 52.2 Å². The van der Waals surface area contributed by atoms with Gasteiger partial charge in [-0.25, -0.2) is 9.37 Å². The lowest BCUT2D eigenvalue weighted by molar-refractivity contribution is 0.608. The molecule has 0 saturated carbocycles. The number of imidazole rings is 1. The fourth-order valence-corrected chi connectivity index (χ4v) is 2.55. The third-order valence-electron chi connectivity index (χ3n) is 3.14. The van der Waals surface area contributed by atoms with E-state index >= 15 is 0 Å². The van der Waals surface area contributed by atoms with Crippen LogP contribution in [0.2, 0.25) is 0 Å². The summed E-state index contributed by atoms with van der Waals surface area (Å²) in [4.78, 5) is 7.29. The van der Waals surface area contributed by atoms with E-state index in [0.29, 0.717) is 15.9 Å². The zero-order valence-corrected chi connectivity index (χ0v) is 11.4. The van der Waals surface area contributed by atoms with Gasteiger partial charge >= 0.3 is 0 Å². The number of aryl methyl sites for hydroxylation is 2. The summed E-state index contributed by atoms with van der Waals surface area (Å²) in [5.41, 5.74) is 3.68. The van der Waals surface area contributed by atoms with E-state index in [-0.39, 0.29) is 5.82 Å². The number of aromatic amines is 1. The third-order valence-corrected chi connectivity index (χ3v) is 3.42. The third kappa shape index (κ3) is 1.86. The Bertz CT molecular complexity index is 809. The standard InChI is InChI=1S/C14H12FN3S/c1-8-6-10(7-9(2)12(8)15)18-11-4-3-5-16-13(11)17-14(18)19/h3-7H,1-2H3,(H,16,17,19). The fraction of sp³-hybridized carbons (Fsp3) is 0.143. The molecule has 2 aromatic heterocycles. The van der Waals surface area contributed by atoms with Crippen LogP contribution in [0.3, 0.4) is 0 Å². The number of rotatable bonds is 1. The summed E-state index contributed by atoms with van der Waals surface area (Å²) in [5.74, 6) is -0.173. The highest BCUT2D eigenvalue weighted by Gasteiger charge is 2.10. The molecule has 0 atom stereocenters. The molecule has 0 bridgehead atoms. The van der Waals surface area contributed by atoms with E-state index in [1.807, 2.05) is 16.7 Å². The molecule has 0 radical (unpaired) electrons. The summed E-state index contributed by atoms with van der Waals surface area (Å²) in [6.45, 7) is 3.51. The topological polar surface area (TPSA) is 33.6 Å². The van der Waals surface area contributed by atoms with Crippen molar-refractivity contribution in [2.45, 2.75) is 13.8 Å². The second-order valence-electron chi connectivity index (χ2n) is 4.53. The Hall–Kier alpha value is -2.01. The molecule has 3 nitrogen and oxygen atoms in total. The van der Waals surface area contributed by atoms with Gasteiger partial charge in [0.1, 0.15) is 5.82 Å². The number of hydrogen-bond acceptors (Lipinski definition) is 2. The van der Waals surface area contributed by atoms with Gasteiger partial charge in [0, 0.05) is 11.9 Å². The van der Waals surface area contributed by atoms with Crippen molar-refractivity contribution >= 4 is 23.4 Å². The molecule has 0 aliphatic rings. The minimum Gasteiger partial charge on any atom is -0.315 e. The van der Waals surface area contributed by atoms with E-state index in [9.17, 15) is 4.39 Å². The molecule has 96 valence electrons. The minimum absolute atomic E-state index is 0.173. The number of benzene rings is 1. The van der Waals surface area contributed by atoms with Gasteiger partial charge < -0.3 is 4.98 Å². The first-order valence-corrected chi connectivity index (χ1v) is 6.31. The molecule has 5 heteroatoms. The lowest BCUT2D eigenvalue weighted by Gasteiger charge is -2.08. The SMILES string of the molecule is Cc1cc(-n2c(=S)[nH]c3ncccc32)cc(C)c1F. The average Bonchev–Trinajstić information content (AvgIpc) is 2.71. The van der Waals surface area contributed by atoms with Gasteiger partial charge in [-0.05, 0) is 61.5 Å². The van der Waals surface area contributed by atoms with E-state index in [0.717, 1.165) is 16.9 Å². The Kier molecular flexibility index (Phi) is 2.71. The van der Waals surface area contributed by atoms with Gasteiger partial charge in [0.15, 0.2) is 10.4 Å². The molecule has 0 spiro atoms. The summed E-state index contributed by atoms with van der Waals surface area (Å²) >= 11 is 5.33. The van der Waals surface area contributed by atoms with Gasteiger partial charge in [-0.1, -0.05) is 0 Å². The molecule has 0 unspecified atom stereocenters. The van der Waals surface area contributed by atoms with Crippen molar-refractivity contribution in [3.63, 3.8) is 0 Å². The molecule has 3 aromatic rings. The summed E-state index contributed by atoms with van der Waals surface area (Å²) in [5, 5.41) is 0. The van der Waals surface area contributed by atoms with Gasteiger partial charge in [0.05, 0.1) is 5.52 Å². The van der Waals surface area contributed by atoms with E-state index in [1.54, 1.807) is 32.2 Å².